The van der Waals surface area contributed by atoms with Crippen LogP contribution in [0.4, 0.5) is 0 Å². The predicted molar refractivity (Wildman–Crippen MR) is 107 cm³/mol. The van der Waals surface area contributed by atoms with E-state index >= 15 is 0 Å². The van der Waals surface area contributed by atoms with Crippen LogP contribution in [0.1, 0.15) is 116 Å². The summed E-state index contributed by atoms with van der Waals surface area (Å²) in [5.41, 5.74) is 0. The number of hydrogen-bond acceptors (Lipinski definition) is 3. The highest BCUT2D eigenvalue weighted by Crippen LogP contribution is 2.14. The van der Waals surface area contributed by atoms with Gasteiger partial charge in [0.05, 0.1) is 6.07 Å². The summed E-state index contributed by atoms with van der Waals surface area (Å²) in [5.74, 6) is 0.888. The van der Waals surface area contributed by atoms with Crippen LogP contribution in [0.15, 0.2) is 0 Å². The van der Waals surface area contributed by atoms with Crippen molar-refractivity contribution in [1.82, 2.24) is 0 Å². The number of unbranched alkanes of at least 4 members (excludes halogenated alkanes) is 15. The molecular formula is C21H39NOS. The number of rotatable bonds is 18. The molecule has 0 fully saturated rings. The zero-order valence-corrected chi connectivity index (χ0v) is 16.8. The second kappa shape index (κ2) is 20.6. The zero-order chi connectivity index (χ0) is 17.7. The smallest absolute Gasteiger partial charge is 0.202 e. The average molecular weight is 354 g/mol. The fourth-order valence-electron chi connectivity index (χ4n) is 2.95. The molecular weight excluding hydrogens is 314 g/mol. The fourth-order valence-corrected chi connectivity index (χ4v) is 3.69. The second-order valence-electron chi connectivity index (χ2n) is 6.86. The number of hydrogen-bond donors (Lipinski definition) is 0. The minimum Gasteiger partial charge on any atom is -0.286 e. The van der Waals surface area contributed by atoms with Crippen molar-refractivity contribution in [2.75, 3.05) is 5.75 Å². The molecule has 0 aromatic carbocycles. The van der Waals surface area contributed by atoms with Gasteiger partial charge in [-0.3, -0.25) is 4.79 Å². The highest BCUT2D eigenvalue weighted by atomic mass is 32.2. The molecule has 24 heavy (non-hydrogen) atoms. The lowest BCUT2D eigenvalue weighted by molar-refractivity contribution is -0.110. The van der Waals surface area contributed by atoms with Gasteiger partial charge in [-0.05, 0) is 6.42 Å². The summed E-state index contributed by atoms with van der Waals surface area (Å²) >= 11 is 1.33. The minimum absolute atomic E-state index is 0.0264. The Morgan fingerprint density at radius 1 is 0.708 bits per heavy atom. The van der Waals surface area contributed by atoms with Crippen molar-refractivity contribution in [3.63, 3.8) is 0 Å². The monoisotopic (exact) mass is 353 g/mol. The minimum atomic E-state index is 0.0264. The lowest BCUT2D eigenvalue weighted by Gasteiger charge is -2.03. The first-order valence-electron chi connectivity index (χ1n) is 10.3. The van der Waals surface area contributed by atoms with Crippen LogP contribution in [-0.2, 0) is 4.79 Å². The van der Waals surface area contributed by atoms with Crippen molar-refractivity contribution in [1.29, 1.82) is 5.26 Å². The third-order valence-corrected chi connectivity index (χ3v) is 5.44. The van der Waals surface area contributed by atoms with Crippen molar-refractivity contribution in [3.8, 4) is 6.07 Å². The Kier molecular flexibility index (Phi) is 20.1. The highest BCUT2D eigenvalue weighted by molar-refractivity contribution is 8.13. The van der Waals surface area contributed by atoms with E-state index in [1.54, 1.807) is 0 Å². The van der Waals surface area contributed by atoms with E-state index in [1.807, 2.05) is 6.07 Å². The molecule has 0 N–H and O–H groups in total. The third-order valence-electron chi connectivity index (χ3n) is 4.48. The van der Waals surface area contributed by atoms with Gasteiger partial charge in [0.2, 0.25) is 5.12 Å². The van der Waals surface area contributed by atoms with E-state index in [4.69, 9.17) is 5.26 Å². The largest absolute Gasteiger partial charge is 0.286 e. The summed E-state index contributed by atoms with van der Waals surface area (Å²) in [4.78, 5) is 11.1. The van der Waals surface area contributed by atoms with E-state index in [0.29, 0.717) is 0 Å². The molecule has 0 heterocycles. The molecule has 0 aliphatic heterocycles. The first-order chi connectivity index (χ1) is 11.8. The van der Waals surface area contributed by atoms with Gasteiger partial charge in [-0.25, -0.2) is 0 Å². The Morgan fingerprint density at radius 3 is 1.46 bits per heavy atom. The van der Waals surface area contributed by atoms with E-state index in [-0.39, 0.29) is 11.5 Å². The van der Waals surface area contributed by atoms with E-state index in [2.05, 4.69) is 6.92 Å². The molecule has 0 unspecified atom stereocenters. The standard InChI is InChI=1S/C21H39NOS/c1-2-3-4-5-6-7-8-9-10-11-12-13-14-15-16-17-20-24-21(23)18-19-22/h2-18,20H2,1H3. The maximum atomic E-state index is 11.1. The van der Waals surface area contributed by atoms with Crippen LogP contribution in [-0.4, -0.2) is 10.9 Å². The normalized spacial score (nSPS) is 10.7. The molecule has 0 radical (unpaired) electrons. The third kappa shape index (κ3) is 19.6. The van der Waals surface area contributed by atoms with Gasteiger partial charge in [0.1, 0.15) is 6.42 Å². The SMILES string of the molecule is CCCCCCCCCCCCCCCCCCSC(=O)CC#N. The quantitative estimate of drug-likeness (QED) is 0.241. The van der Waals surface area contributed by atoms with Crippen LogP contribution < -0.4 is 0 Å². The van der Waals surface area contributed by atoms with Gasteiger partial charge in [-0.1, -0.05) is 115 Å². The maximum Gasteiger partial charge on any atom is 0.202 e. The summed E-state index contributed by atoms with van der Waals surface area (Å²) in [5, 5.41) is 8.42. The molecule has 0 saturated carbocycles. The molecule has 2 nitrogen and oxygen atoms in total. The molecule has 0 atom stereocenters. The molecule has 0 saturated heterocycles. The lowest BCUT2D eigenvalue weighted by Crippen LogP contribution is -1.91. The van der Waals surface area contributed by atoms with E-state index < -0.39 is 0 Å². The second-order valence-corrected chi connectivity index (χ2v) is 8.01. The van der Waals surface area contributed by atoms with Crippen molar-refractivity contribution in [2.45, 2.75) is 116 Å². The van der Waals surface area contributed by atoms with Gasteiger partial charge in [0.15, 0.2) is 0 Å². The molecule has 0 aromatic rings. The van der Waals surface area contributed by atoms with Crippen LogP contribution in [0.5, 0.6) is 0 Å². The Labute approximate surface area is 155 Å². The number of thioether (sulfide) groups is 1. The van der Waals surface area contributed by atoms with E-state index in [0.717, 1.165) is 12.2 Å². The lowest BCUT2D eigenvalue weighted by atomic mass is 10.0. The number of nitrogens with zero attached hydrogens (tertiary/aromatic N) is 1. The molecule has 0 amide bonds. The average Bonchev–Trinajstić information content (AvgIpc) is 2.58. The van der Waals surface area contributed by atoms with E-state index in [1.165, 1.54) is 108 Å². The van der Waals surface area contributed by atoms with Gasteiger partial charge >= 0.3 is 0 Å². The molecule has 0 aliphatic rings. The summed E-state index contributed by atoms with van der Waals surface area (Å²) in [6, 6.07) is 1.90. The zero-order valence-electron chi connectivity index (χ0n) is 16.0. The summed E-state index contributed by atoms with van der Waals surface area (Å²) in [6.45, 7) is 2.28. The van der Waals surface area contributed by atoms with Crippen molar-refractivity contribution in [2.24, 2.45) is 0 Å². The van der Waals surface area contributed by atoms with Gasteiger partial charge in [0.25, 0.3) is 0 Å². The number of carbonyl (C=O) groups is 1. The van der Waals surface area contributed by atoms with E-state index in [9.17, 15) is 4.79 Å². The fraction of sp³-hybridized carbons (Fsp3) is 0.905. The molecule has 3 heteroatoms. The first kappa shape index (κ1) is 23.5. The van der Waals surface area contributed by atoms with Crippen molar-refractivity contribution >= 4 is 16.9 Å². The molecule has 0 rings (SSSR count). The molecule has 0 bridgehead atoms. The molecule has 0 aromatic heterocycles. The van der Waals surface area contributed by atoms with Crippen LogP contribution in [0.25, 0.3) is 0 Å². The predicted octanol–water partition coefficient (Wildman–Crippen LogP) is 7.42. The van der Waals surface area contributed by atoms with Crippen molar-refractivity contribution < 1.29 is 4.79 Å². The summed E-state index contributed by atoms with van der Waals surface area (Å²) in [6.07, 6.45) is 22.0. The van der Waals surface area contributed by atoms with Gasteiger partial charge in [-0.2, -0.15) is 5.26 Å². The van der Waals surface area contributed by atoms with Gasteiger partial charge < -0.3 is 0 Å². The van der Waals surface area contributed by atoms with Crippen LogP contribution in [0.2, 0.25) is 0 Å². The molecule has 0 aliphatic carbocycles. The first-order valence-corrected chi connectivity index (χ1v) is 11.3. The highest BCUT2D eigenvalue weighted by Gasteiger charge is 2.00. The Balaban J connectivity index is 3.03. The van der Waals surface area contributed by atoms with Gasteiger partial charge in [-0.15, -0.1) is 0 Å². The van der Waals surface area contributed by atoms with Crippen LogP contribution >= 0.6 is 11.8 Å². The topological polar surface area (TPSA) is 40.9 Å². The van der Waals surface area contributed by atoms with Gasteiger partial charge in [0, 0.05) is 5.75 Å². The maximum absolute atomic E-state index is 11.1. The Hall–Kier alpha value is -0.490. The molecule has 0 spiro atoms. The summed E-state index contributed by atoms with van der Waals surface area (Å²) < 4.78 is 0. The Morgan fingerprint density at radius 2 is 1.08 bits per heavy atom. The van der Waals surface area contributed by atoms with Crippen LogP contribution in [0, 0.1) is 11.3 Å². The van der Waals surface area contributed by atoms with Crippen molar-refractivity contribution in [3.05, 3.63) is 0 Å². The Bertz CT molecular complexity index is 311. The van der Waals surface area contributed by atoms with Crippen LogP contribution in [0.3, 0.4) is 0 Å². The summed E-state index contributed by atoms with van der Waals surface area (Å²) in [7, 11) is 0. The molecule has 140 valence electrons. The number of carbonyl (C=O) groups excluding carboxylic acids is 1. The number of nitriles is 1.